The monoisotopic (exact) mass is 311 g/mol. The number of sulfonamides is 1. The van der Waals surface area contributed by atoms with Crippen molar-refractivity contribution in [3.8, 4) is 0 Å². The topological polar surface area (TPSA) is 37.4 Å². The highest BCUT2D eigenvalue weighted by molar-refractivity contribution is 7.89. The zero-order chi connectivity index (χ0) is 14.3. The average Bonchev–Trinajstić information content (AvgIpc) is 2.88. The number of hydrogen-bond acceptors (Lipinski definition) is 3. The molecule has 0 bridgehead atoms. The zero-order valence-electron chi connectivity index (χ0n) is 10.9. The van der Waals surface area contributed by atoms with E-state index < -0.39 is 15.8 Å². The Balaban J connectivity index is 1.99. The molecule has 1 aliphatic heterocycles. The lowest BCUT2D eigenvalue weighted by molar-refractivity contribution is 0.329. The Hall–Kier alpha value is -1.24. The number of benzene rings is 1. The Kier molecular flexibility index (Phi) is 3.40. The van der Waals surface area contributed by atoms with E-state index in [4.69, 9.17) is 0 Å². The van der Waals surface area contributed by atoms with Gasteiger partial charge in [0.05, 0.1) is 4.90 Å². The number of thiophene rings is 1. The normalized spacial score (nSPS) is 19.8. The third-order valence-electron chi connectivity index (χ3n) is 3.64. The number of halogens is 1. The summed E-state index contributed by atoms with van der Waals surface area (Å²) in [5, 5.41) is 2.00. The molecule has 0 fully saturated rings. The van der Waals surface area contributed by atoms with Crippen LogP contribution in [0, 0.1) is 5.82 Å². The SMILES string of the molecule is C[C@@H]1c2ccsc2CCN1S(=O)(=O)c1ccc(F)cc1. The van der Waals surface area contributed by atoms with Crippen LogP contribution in [0.2, 0.25) is 0 Å². The van der Waals surface area contributed by atoms with Crippen LogP contribution in [0.5, 0.6) is 0 Å². The van der Waals surface area contributed by atoms with Crippen LogP contribution in [0.15, 0.2) is 40.6 Å². The van der Waals surface area contributed by atoms with Gasteiger partial charge in [0.2, 0.25) is 10.0 Å². The third kappa shape index (κ3) is 2.17. The lowest BCUT2D eigenvalue weighted by Gasteiger charge is -2.32. The van der Waals surface area contributed by atoms with Gasteiger partial charge < -0.3 is 0 Å². The smallest absolute Gasteiger partial charge is 0.207 e. The predicted molar refractivity (Wildman–Crippen MR) is 76.7 cm³/mol. The fourth-order valence-corrected chi connectivity index (χ4v) is 5.13. The van der Waals surface area contributed by atoms with Crippen molar-refractivity contribution in [1.29, 1.82) is 0 Å². The van der Waals surface area contributed by atoms with E-state index in [1.165, 1.54) is 33.4 Å². The highest BCUT2D eigenvalue weighted by Crippen LogP contribution is 2.36. The Morgan fingerprint density at radius 1 is 1.25 bits per heavy atom. The maximum absolute atomic E-state index is 12.9. The molecule has 0 amide bonds. The summed E-state index contributed by atoms with van der Waals surface area (Å²) >= 11 is 1.67. The molecule has 1 aliphatic rings. The van der Waals surface area contributed by atoms with Crippen LogP contribution in [0.1, 0.15) is 23.4 Å². The molecule has 2 heterocycles. The summed E-state index contributed by atoms with van der Waals surface area (Å²) in [7, 11) is -3.58. The number of hydrogen-bond donors (Lipinski definition) is 0. The molecule has 0 aliphatic carbocycles. The van der Waals surface area contributed by atoms with Crippen LogP contribution < -0.4 is 0 Å². The van der Waals surface area contributed by atoms with Gasteiger partial charge in [-0.25, -0.2) is 12.8 Å². The Morgan fingerprint density at radius 2 is 1.95 bits per heavy atom. The summed E-state index contributed by atoms with van der Waals surface area (Å²) in [6.07, 6.45) is 0.734. The highest BCUT2D eigenvalue weighted by atomic mass is 32.2. The van der Waals surface area contributed by atoms with E-state index in [1.807, 2.05) is 18.4 Å². The predicted octanol–water partition coefficient (Wildman–Crippen LogP) is 3.20. The number of nitrogens with zero attached hydrogens (tertiary/aromatic N) is 1. The van der Waals surface area contributed by atoms with Gasteiger partial charge in [0, 0.05) is 17.5 Å². The first-order valence-corrected chi connectivity index (χ1v) is 8.66. The second-order valence-electron chi connectivity index (χ2n) is 4.79. The second kappa shape index (κ2) is 4.95. The molecular weight excluding hydrogens is 297 g/mol. The lowest BCUT2D eigenvalue weighted by atomic mass is 10.0. The van der Waals surface area contributed by atoms with E-state index in [1.54, 1.807) is 11.3 Å². The number of rotatable bonds is 2. The molecule has 0 radical (unpaired) electrons. The first-order valence-electron chi connectivity index (χ1n) is 6.34. The maximum Gasteiger partial charge on any atom is 0.243 e. The quantitative estimate of drug-likeness (QED) is 0.854. The minimum atomic E-state index is -3.58. The van der Waals surface area contributed by atoms with Crippen LogP contribution in [0.3, 0.4) is 0 Å². The molecule has 6 heteroatoms. The second-order valence-corrected chi connectivity index (χ2v) is 7.69. The first kappa shape index (κ1) is 13.7. The van der Waals surface area contributed by atoms with Gasteiger partial charge in [-0.05, 0) is 54.6 Å². The lowest BCUT2D eigenvalue weighted by Crippen LogP contribution is -2.38. The summed E-state index contributed by atoms with van der Waals surface area (Å²) in [6, 6.07) is 6.80. The molecule has 0 spiro atoms. The first-order chi connectivity index (χ1) is 9.50. The minimum absolute atomic E-state index is 0.143. The molecule has 0 N–H and O–H groups in total. The molecule has 20 heavy (non-hydrogen) atoms. The van der Waals surface area contributed by atoms with Crippen LogP contribution in [0.4, 0.5) is 4.39 Å². The van der Waals surface area contributed by atoms with Crippen molar-refractivity contribution in [2.75, 3.05) is 6.54 Å². The third-order valence-corrected chi connectivity index (χ3v) is 6.62. The van der Waals surface area contributed by atoms with E-state index in [0.29, 0.717) is 6.54 Å². The van der Waals surface area contributed by atoms with Crippen molar-refractivity contribution in [1.82, 2.24) is 4.31 Å². The van der Waals surface area contributed by atoms with Gasteiger partial charge in [-0.15, -0.1) is 11.3 Å². The van der Waals surface area contributed by atoms with Gasteiger partial charge in [-0.1, -0.05) is 0 Å². The van der Waals surface area contributed by atoms with Crippen molar-refractivity contribution in [3.63, 3.8) is 0 Å². The fraction of sp³-hybridized carbons (Fsp3) is 0.286. The van der Waals surface area contributed by atoms with Crippen molar-refractivity contribution in [2.45, 2.75) is 24.3 Å². The molecule has 0 saturated carbocycles. The minimum Gasteiger partial charge on any atom is -0.207 e. The molecule has 3 nitrogen and oxygen atoms in total. The molecule has 0 unspecified atom stereocenters. The molecule has 1 aromatic heterocycles. The van der Waals surface area contributed by atoms with Gasteiger partial charge in [-0.2, -0.15) is 4.31 Å². The van der Waals surface area contributed by atoms with E-state index in [9.17, 15) is 12.8 Å². The summed E-state index contributed by atoms with van der Waals surface area (Å²) in [5.41, 5.74) is 1.08. The zero-order valence-corrected chi connectivity index (χ0v) is 12.5. The van der Waals surface area contributed by atoms with Crippen LogP contribution >= 0.6 is 11.3 Å². The van der Waals surface area contributed by atoms with E-state index in [2.05, 4.69) is 0 Å². The number of fused-ring (bicyclic) bond motifs is 1. The van der Waals surface area contributed by atoms with Crippen molar-refractivity contribution < 1.29 is 12.8 Å². The Morgan fingerprint density at radius 3 is 2.65 bits per heavy atom. The molecule has 0 saturated heterocycles. The van der Waals surface area contributed by atoms with Crippen LogP contribution in [-0.2, 0) is 16.4 Å². The molecular formula is C14H14FNO2S2. The molecule has 1 aromatic carbocycles. The standard InChI is InChI=1S/C14H14FNO2S2/c1-10-13-7-9-19-14(13)6-8-16(10)20(17,18)12-4-2-11(15)3-5-12/h2-5,7,9-10H,6,8H2,1H3/t10-/m1/s1. The van der Waals surface area contributed by atoms with E-state index in [-0.39, 0.29) is 10.9 Å². The highest BCUT2D eigenvalue weighted by Gasteiger charge is 2.34. The van der Waals surface area contributed by atoms with Gasteiger partial charge in [-0.3, -0.25) is 0 Å². The maximum atomic E-state index is 12.9. The van der Waals surface area contributed by atoms with Crippen molar-refractivity contribution in [2.24, 2.45) is 0 Å². The largest absolute Gasteiger partial charge is 0.243 e. The molecule has 3 rings (SSSR count). The molecule has 106 valence electrons. The molecule has 1 atom stereocenters. The van der Waals surface area contributed by atoms with Gasteiger partial charge in [0.1, 0.15) is 5.82 Å². The fourth-order valence-electron chi connectivity index (χ4n) is 2.56. The van der Waals surface area contributed by atoms with E-state index >= 15 is 0 Å². The Labute approximate surface area is 121 Å². The summed E-state index contributed by atoms with van der Waals surface area (Å²) in [5.74, 6) is -0.434. The average molecular weight is 311 g/mol. The molecule has 2 aromatic rings. The van der Waals surface area contributed by atoms with Crippen LogP contribution in [0.25, 0.3) is 0 Å². The van der Waals surface area contributed by atoms with Crippen molar-refractivity contribution >= 4 is 21.4 Å². The Bertz CT molecular complexity index is 722. The van der Waals surface area contributed by atoms with Gasteiger partial charge in [0.25, 0.3) is 0 Å². The van der Waals surface area contributed by atoms with Gasteiger partial charge >= 0.3 is 0 Å². The summed E-state index contributed by atoms with van der Waals surface area (Å²) in [6.45, 7) is 2.36. The summed E-state index contributed by atoms with van der Waals surface area (Å²) in [4.78, 5) is 1.40. The van der Waals surface area contributed by atoms with Crippen LogP contribution in [-0.4, -0.2) is 19.3 Å². The van der Waals surface area contributed by atoms with Gasteiger partial charge in [0.15, 0.2) is 0 Å². The summed E-state index contributed by atoms with van der Waals surface area (Å²) < 4.78 is 39.7. The van der Waals surface area contributed by atoms with Crippen molar-refractivity contribution in [3.05, 3.63) is 52.0 Å². The van der Waals surface area contributed by atoms with E-state index in [0.717, 1.165) is 12.0 Å².